The Kier molecular flexibility index (Phi) is 3.96. The van der Waals surface area contributed by atoms with E-state index in [0.717, 1.165) is 0 Å². The predicted molar refractivity (Wildman–Crippen MR) is 78.2 cm³/mol. The van der Waals surface area contributed by atoms with Crippen LogP contribution < -0.4 is 0 Å². The SMILES string of the molecule is CC(C)=C[C@@H]1[C@@H](C(=O)OCc2ncc(Cl)n2C)C1(C)C. The zero-order chi connectivity index (χ0) is 15.1. The first-order chi connectivity index (χ1) is 9.25. The van der Waals surface area contributed by atoms with Crippen molar-refractivity contribution in [2.45, 2.75) is 34.3 Å². The fourth-order valence-electron chi connectivity index (χ4n) is 2.58. The van der Waals surface area contributed by atoms with Gasteiger partial charge in [0.15, 0.2) is 0 Å². The Morgan fingerprint density at radius 2 is 2.20 bits per heavy atom. The van der Waals surface area contributed by atoms with Crippen LogP contribution in [-0.2, 0) is 23.2 Å². The van der Waals surface area contributed by atoms with Gasteiger partial charge in [0, 0.05) is 7.05 Å². The van der Waals surface area contributed by atoms with Gasteiger partial charge in [-0.15, -0.1) is 0 Å². The minimum atomic E-state index is -0.156. The van der Waals surface area contributed by atoms with Crippen LogP contribution in [-0.4, -0.2) is 15.5 Å². The molecular formula is C15H21ClN2O2. The van der Waals surface area contributed by atoms with Crippen molar-refractivity contribution in [2.24, 2.45) is 24.3 Å². The van der Waals surface area contributed by atoms with Crippen molar-refractivity contribution in [3.63, 3.8) is 0 Å². The van der Waals surface area contributed by atoms with Crippen LogP contribution in [0, 0.1) is 17.3 Å². The number of rotatable bonds is 4. The van der Waals surface area contributed by atoms with E-state index in [1.807, 2.05) is 13.8 Å². The molecule has 110 valence electrons. The van der Waals surface area contributed by atoms with Gasteiger partial charge in [0.2, 0.25) is 0 Å². The highest BCUT2D eigenvalue weighted by atomic mass is 35.5. The first kappa shape index (κ1) is 15.1. The van der Waals surface area contributed by atoms with Crippen molar-refractivity contribution in [1.82, 2.24) is 9.55 Å². The average Bonchev–Trinajstić information content (AvgIpc) is 2.71. The largest absolute Gasteiger partial charge is 0.457 e. The topological polar surface area (TPSA) is 44.1 Å². The summed E-state index contributed by atoms with van der Waals surface area (Å²) in [7, 11) is 1.80. The van der Waals surface area contributed by atoms with Gasteiger partial charge in [-0.05, 0) is 25.2 Å². The van der Waals surface area contributed by atoms with Gasteiger partial charge in [0.05, 0.1) is 12.1 Å². The molecule has 0 saturated heterocycles. The number of carbonyl (C=O) groups excluding carboxylic acids is 1. The number of carbonyl (C=O) groups is 1. The molecule has 0 aromatic carbocycles. The summed E-state index contributed by atoms with van der Waals surface area (Å²) in [5.74, 6) is 0.704. The van der Waals surface area contributed by atoms with Gasteiger partial charge in [0.1, 0.15) is 17.6 Å². The number of esters is 1. The van der Waals surface area contributed by atoms with Crippen molar-refractivity contribution in [3.8, 4) is 0 Å². The molecule has 0 N–H and O–H groups in total. The van der Waals surface area contributed by atoms with Gasteiger partial charge < -0.3 is 9.30 Å². The third-order valence-electron chi connectivity index (χ3n) is 4.05. The summed E-state index contributed by atoms with van der Waals surface area (Å²) in [5, 5.41) is 0.533. The monoisotopic (exact) mass is 296 g/mol. The highest BCUT2D eigenvalue weighted by molar-refractivity contribution is 6.29. The van der Waals surface area contributed by atoms with Gasteiger partial charge in [-0.1, -0.05) is 37.1 Å². The molecule has 0 amide bonds. The van der Waals surface area contributed by atoms with Crippen LogP contribution in [0.25, 0.3) is 0 Å². The molecule has 0 radical (unpaired) electrons. The molecule has 1 heterocycles. The molecule has 1 saturated carbocycles. The van der Waals surface area contributed by atoms with E-state index in [2.05, 4.69) is 24.9 Å². The standard InChI is InChI=1S/C15H21ClN2O2/c1-9(2)6-10-13(15(10,3)4)14(19)20-8-12-17-7-11(16)18(12)5/h6-7,10,13H,8H2,1-5H3/t10-,13+/m1/s1. The van der Waals surface area contributed by atoms with E-state index in [0.29, 0.717) is 11.0 Å². The van der Waals surface area contributed by atoms with Crippen molar-refractivity contribution >= 4 is 17.6 Å². The second-order valence-corrected chi connectivity index (χ2v) is 6.62. The zero-order valence-corrected chi connectivity index (χ0v) is 13.4. The second kappa shape index (κ2) is 5.24. The van der Waals surface area contributed by atoms with Crippen molar-refractivity contribution in [1.29, 1.82) is 0 Å². The molecule has 0 unspecified atom stereocenters. The molecule has 2 atom stereocenters. The van der Waals surface area contributed by atoms with Crippen LogP contribution in [0.3, 0.4) is 0 Å². The molecule has 1 aromatic rings. The molecule has 1 aromatic heterocycles. The Morgan fingerprint density at radius 1 is 1.55 bits per heavy atom. The lowest BCUT2D eigenvalue weighted by Gasteiger charge is -2.06. The summed E-state index contributed by atoms with van der Waals surface area (Å²) in [4.78, 5) is 16.3. The second-order valence-electron chi connectivity index (χ2n) is 6.23. The van der Waals surface area contributed by atoms with E-state index in [4.69, 9.17) is 16.3 Å². The lowest BCUT2D eigenvalue weighted by molar-refractivity contribution is -0.147. The Labute approximate surface area is 124 Å². The molecule has 0 aliphatic heterocycles. The van der Waals surface area contributed by atoms with Crippen LogP contribution in [0.15, 0.2) is 17.8 Å². The fraction of sp³-hybridized carbons (Fsp3) is 0.600. The van der Waals surface area contributed by atoms with Crippen LogP contribution in [0.1, 0.15) is 33.5 Å². The summed E-state index contributed by atoms with van der Waals surface area (Å²) in [5.41, 5.74) is 1.21. The number of nitrogens with zero attached hydrogens (tertiary/aromatic N) is 2. The minimum Gasteiger partial charge on any atom is -0.457 e. The number of aromatic nitrogens is 2. The van der Waals surface area contributed by atoms with Crippen molar-refractivity contribution in [2.75, 3.05) is 0 Å². The summed E-state index contributed by atoms with van der Waals surface area (Å²) < 4.78 is 7.09. The number of ether oxygens (including phenoxy) is 1. The first-order valence-electron chi connectivity index (χ1n) is 6.73. The smallest absolute Gasteiger partial charge is 0.310 e. The molecule has 20 heavy (non-hydrogen) atoms. The summed E-state index contributed by atoms with van der Waals surface area (Å²) in [6.45, 7) is 8.46. The normalized spacial score (nSPS) is 23.3. The molecular weight excluding hydrogens is 276 g/mol. The average molecular weight is 297 g/mol. The van der Waals surface area contributed by atoms with Gasteiger partial charge in [-0.2, -0.15) is 0 Å². The van der Waals surface area contributed by atoms with E-state index in [1.165, 1.54) is 5.57 Å². The summed E-state index contributed by atoms with van der Waals surface area (Å²) in [6, 6.07) is 0. The lowest BCUT2D eigenvalue weighted by Crippen LogP contribution is -2.12. The van der Waals surface area contributed by atoms with E-state index in [1.54, 1.807) is 17.8 Å². The predicted octanol–water partition coefficient (Wildman–Crippen LogP) is 3.36. The van der Waals surface area contributed by atoms with Crippen LogP contribution in [0.4, 0.5) is 0 Å². The van der Waals surface area contributed by atoms with E-state index >= 15 is 0 Å². The van der Waals surface area contributed by atoms with E-state index in [9.17, 15) is 4.79 Å². The Bertz CT molecular complexity index is 556. The van der Waals surface area contributed by atoms with Gasteiger partial charge in [-0.3, -0.25) is 4.79 Å². The molecule has 2 rings (SSSR count). The number of allylic oxidation sites excluding steroid dienone is 2. The third kappa shape index (κ3) is 2.75. The van der Waals surface area contributed by atoms with Gasteiger partial charge in [-0.25, -0.2) is 4.98 Å². The van der Waals surface area contributed by atoms with E-state index < -0.39 is 0 Å². The number of hydrogen-bond acceptors (Lipinski definition) is 3. The molecule has 1 aliphatic carbocycles. The van der Waals surface area contributed by atoms with Crippen LogP contribution >= 0.6 is 11.6 Å². The maximum absolute atomic E-state index is 12.2. The molecule has 4 nitrogen and oxygen atoms in total. The minimum absolute atomic E-state index is 0.0202. The molecule has 0 bridgehead atoms. The number of hydrogen-bond donors (Lipinski definition) is 0. The third-order valence-corrected chi connectivity index (χ3v) is 4.40. The molecule has 1 aliphatic rings. The van der Waals surface area contributed by atoms with Crippen molar-refractivity contribution < 1.29 is 9.53 Å². The summed E-state index contributed by atoms with van der Waals surface area (Å²) >= 11 is 5.90. The van der Waals surface area contributed by atoms with Gasteiger partial charge in [0.25, 0.3) is 0 Å². The van der Waals surface area contributed by atoms with Crippen LogP contribution in [0.2, 0.25) is 5.15 Å². The molecule has 5 heteroatoms. The number of imidazole rings is 1. The summed E-state index contributed by atoms with van der Waals surface area (Å²) in [6.07, 6.45) is 3.71. The molecule has 0 spiro atoms. The Hall–Kier alpha value is -1.29. The maximum atomic E-state index is 12.2. The number of halogens is 1. The first-order valence-corrected chi connectivity index (χ1v) is 7.10. The van der Waals surface area contributed by atoms with Crippen LogP contribution in [0.5, 0.6) is 0 Å². The Balaban J connectivity index is 1.97. The van der Waals surface area contributed by atoms with E-state index in [-0.39, 0.29) is 29.8 Å². The quantitative estimate of drug-likeness (QED) is 0.632. The zero-order valence-electron chi connectivity index (χ0n) is 12.6. The molecule has 1 fully saturated rings. The highest BCUT2D eigenvalue weighted by Crippen LogP contribution is 2.59. The lowest BCUT2D eigenvalue weighted by atomic mass is 10.1. The maximum Gasteiger partial charge on any atom is 0.310 e. The van der Waals surface area contributed by atoms with Crippen molar-refractivity contribution in [3.05, 3.63) is 28.8 Å². The highest BCUT2D eigenvalue weighted by Gasteiger charge is 2.61. The van der Waals surface area contributed by atoms with Gasteiger partial charge >= 0.3 is 5.97 Å². The Morgan fingerprint density at radius 3 is 2.70 bits per heavy atom. The fourth-order valence-corrected chi connectivity index (χ4v) is 2.73.